The lowest BCUT2D eigenvalue weighted by molar-refractivity contribution is 0.214. The quantitative estimate of drug-likeness (QED) is 0.598. The van der Waals surface area contributed by atoms with E-state index in [1.54, 1.807) is 0 Å². The lowest BCUT2D eigenvalue weighted by atomic mass is 10.1. The number of hydrogen-bond donors (Lipinski definition) is 1. The van der Waals surface area contributed by atoms with Gasteiger partial charge < -0.3 is 14.4 Å². The minimum Gasteiger partial charge on any atom is -0.368 e. The predicted octanol–water partition coefficient (Wildman–Crippen LogP) is 5.63. The van der Waals surface area contributed by atoms with Crippen molar-refractivity contribution in [2.45, 2.75) is 33.0 Å². The highest BCUT2D eigenvalue weighted by Crippen LogP contribution is 2.60. The molecule has 0 fully saturated rings. The number of benzene rings is 2. The van der Waals surface area contributed by atoms with Crippen LogP contribution in [-0.2, 0) is 20.0 Å². The fraction of sp³-hybridized carbons (Fsp3) is 0.368. The maximum atomic E-state index is 13.3. The molecule has 130 valence electrons. The maximum Gasteiger partial charge on any atom is 0.357 e. The first kappa shape index (κ1) is 18.7. The first-order valence-corrected chi connectivity index (χ1v) is 10.0. The molecule has 4 nitrogen and oxygen atoms in total. The molecular formula is C19H26NO3P. The van der Waals surface area contributed by atoms with Gasteiger partial charge in [0.2, 0.25) is 0 Å². The Morgan fingerprint density at radius 3 is 2.00 bits per heavy atom. The molecule has 0 aliphatic rings. The standard InChI is InChI=1S/C19H26NO3P/c1-4-16-12-14-18(15-13-16)20-19(17-10-8-7-9-11-17)24(21,22-5-2)23-6-3/h7-15,19-20H,4-6H2,1-3H3/t19-/m0/s1. The van der Waals surface area contributed by atoms with Gasteiger partial charge in [-0.3, -0.25) is 4.57 Å². The topological polar surface area (TPSA) is 47.6 Å². The van der Waals surface area contributed by atoms with Crippen LogP contribution < -0.4 is 5.32 Å². The molecule has 0 spiro atoms. The highest BCUT2D eigenvalue weighted by Gasteiger charge is 2.36. The Balaban J connectivity index is 2.36. The van der Waals surface area contributed by atoms with Crippen LogP contribution in [-0.4, -0.2) is 13.2 Å². The van der Waals surface area contributed by atoms with Gasteiger partial charge in [-0.2, -0.15) is 0 Å². The zero-order valence-electron chi connectivity index (χ0n) is 14.6. The molecule has 2 aromatic carbocycles. The predicted molar refractivity (Wildman–Crippen MR) is 99.5 cm³/mol. The lowest BCUT2D eigenvalue weighted by Crippen LogP contribution is -2.15. The van der Waals surface area contributed by atoms with Crippen molar-refractivity contribution in [3.63, 3.8) is 0 Å². The zero-order chi connectivity index (χ0) is 17.4. The monoisotopic (exact) mass is 347 g/mol. The van der Waals surface area contributed by atoms with Crippen LogP contribution in [0.25, 0.3) is 0 Å². The minimum absolute atomic E-state index is 0.330. The van der Waals surface area contributed by atoms with Crippen molar-refractivity contribution in [3.05, 3.63) is 65.7 Å². The SMILES string of the molecule is CCOP(=O)(OCC)[C@H](Nc1ccc(CC)cc1)c1ccccc1. The summed E-state index contributed by atoms with van der Waals surface area (Å²) in [6, 6.07) is 17.8. The molecule has 0 saturated heterocycles. The van der Waals surface area contributed by atoms with E-state index in [0.29, 0.717) is 13.2 Å². The van der Waals surface area contributed by atoms with Crippen LogP contribution in [0.1, 0.15) is 37.7 Å². The Morgan fingerprint density at radius 1 is 0.917 bits per heavy atom. The minimum atomic E-state index is -3.35. The van der Waals surface area contributed by atoms with E-state index < -0.39 is 13.4 Å². The molecule has 0 aliphatic heterocycles. The molecule has 0 amide bonds. The van der Waals surface area contributed by atoms with Gasteiger partial charge in [-0.25, -0.2) is 0 Å². The Kier molecular flexibility index (Phi) is 7.04. The van der Waals surface area contributed by atoms with Crippen molar-refractivity contribution in [1.29, 1.82) is 0 Å². The van der Waals surface area contributed by atoms with Gasteiger partial charge in [-0.1, -0.05) is 49.4 Å². The Hall–Kier alpha value is -1.61. The average Bonchev–Trinajstić information content (AvgIpc) is 2.61. The van der Waals surface area contributed by atoms with Gasteiger partial charge in [0.15, 0.2) is 5.78 Å². The number of aryl methyl sites for hydroxylation is 1. The van der Waals surface area contributed by atoms with Crippen molar-refractivity contribution >= 4 is 13.3 Å². The summed E-state index contributed by atoms with van der Waals surface area (Å²) in [6.07, 6.45) is 0.985. The van der Waals surface area contributed by atoms with E-state index in [2.05, 4.69) is 24.4 Å². The molecule has 5 heteroatoms. The number of hydrogen-bond acceptors (Lipinski definition) is 4. The molecule has 0 heterocycles. The molecular weight excluding hydrogens is 321 g/mol. The summed E-state index contributed by atoms with van der Waals surface area (Å²) in [7, 11) is -3.35. The van der Waals surface area contributed by atoms with Crippen molar-refractivity contribution < 1.29 is 13.6 Å². The molecule has 0 bridgehead atoms. The number of rotatable bonds is 9. The highest BCUT2D eigenvalue weighted by molar-refractivity contribution is 7.54. The van der Waals surface area contributed by atoms with Gasteiger partial charge in [0.1, 0.15) is 0 Å². The molecule has 0 unspecified atom stereocenters. The van der Waals surface area contributed by atoms with E-state index >= 15 is 0 Å². The third-order valence-corrected chi connectivity index (χ3v) is 6.01. The molecule has 0 saturated carbocycles. The first-order chi connectivity index (χ1) is 11.6. The summed E-state index contributed by atoms with van der Waals surface area (Å²) in [5.74, 6) is -0.550. The molecule has 1 N–H and O–H groups in total. The second-order valence-electron chi connectivity index (χ2n) is 5.38. The van der Waals surface area contributed by atoms with Gasteiger partial charge in [-0.15, -0.1) is 0 Å². The Morgan fingerprint density at radius 2 is 1.50 bits per heavy atom. The largest absolute Gasteiger partial charge is 0.368 e. The van der Waals surface area contributed by atoms with Gasteiger partial charge in [0.25, 0.3) is 0 Å². The summed E-state index contributed by atoms with van der Waals surface area (Å²) in [6.45, 7) is 6.43. The highest BCUT2D eigenvalue weighted by atomic mass is 31.2. The van der Waals surface area contributed by atoms with Crippen LogP contribution in [0.15, 0.2) is 54.6 Å². The Labute approximate surface area is 144 Å². The summed E-state index contributed by atoms with van der Waals surface area (Å²) in [5.41, 5.74) is 3.03. The molecule has 0 aromatic heterocycles. The summed E-state index contributed by atoms with van der Waals surface area (Å²) in [5, 5.41) is 3.34. The van der Waals surface area contributed by atoms with Crippen molar-refractivity contribution in [3.8, 4) is 0 Å². The first-order valence-electron chi connectivity index (χ1n) is 8.42. The molecule has 0 aliphatic carbocycles. The second kappa shape index (κ2) is 9.03. The zero-order valence-corrected chi connectivity index (χ0v) is 15.5. The van der Waals surface area contributed by atoms with Crippen molar-refractivity contribution in [2.75, 3.05) is 18.5 Å². The molecule has 24 heavy (non-hydrogen) atoms. The molecule has 2 rings (SSSR count). The van der Waals surface area contributed by atoms with Crippen LogP contribution in [0.3, 0.4) is 0 Å². The maximum absolute atomic E-state index is 13.3. The fourth-order valence-corrected chi connectivity index (χ4v) is 4.46. The van der Waals surface area contributed by atoms with Gasteiger partial charge in [-0.05, 0) is 43.5 Å². The van der Waals surface area contributed by atoms with E-state index in [9.17, 15) is 4.57 Å². The second-order valence-corrected chi connectivity index (χ2v) is 7.50. The van der Waals surface area contributed by atoms with Crippen molar-refractivity contribution in [2.24, 2.45) is 0 Å². The summed E-state index contributed by atoms with van der Waals surface area (Å²) < 4.78 is 24.5. The van der Waals surface area contributed by atoms with E-state index in [-0.39, 0.29) is 0 Å². The average molecular weight is 347 g/mol. The summed E-state index contributed by atoms with van der Waals surface area (Å²) in [4.78, 5) is 0. The third-order valence-electron chi connectivity index (χ3n) is 3.72. The lowest BCUT2D eigenvalue weighted by Gasteiger charge is -2.28. The number of nitrogens with one attached hydrogen (secondary N) is 1. The third kappa shape index (κ3) is 4.70. The van der Waals surface area contributed by atoms with Crippen LogP contribution in [0.2, 0.25) is 0 Å². The van der Waals surface area contributed by atoms with E-state index in [0.717, 1.165) is 17.7 Å². The Bertz CT molecular complexity index is 648. The summed E-state index contributed by atoms with van der Waals surface area (Å²) >= 11 is 0. The van der Waals surface area contributed by atoms with Crippen LogP contribution in [0, 0.1) is 0 Å². The molecule has 2 aromatic rings. The van der Waals surface area contributed by atoms with Gasteiger partial charge in [0.05, 0.1) is 13.2 Å². The van der Waals surface area contributed by atoms with E-state index in [1.807, 2.05) is 56.3 Å². The fourth-order valence-electron chi connectivity index (χ4n) is 2.52. The molecule has 0 radical (unpaired) electrons. The normalized spacial score (nSPS) is 12.8. The van der Waals surface area contributed by atoms with Crippen LogP contribution in [0.4, 0.5) is 5.69 Å². The van der Waals surface area contributed by atoms with Crippen LogP contribution >= 0.6 is 7.60 Å². The smallest absolute Gasteiger partial charge is 0.357 e. The number of anilines is 1. The van der Waals surface area contributed by atoms with Gasteiger partial charge >= 0.3 is 7.60 Å². The van der Waals surface area contributed by atoms with Crippen LogP contribution in [0.5, 0.6) is 0 Å². The van der Waals surface area contributed by atoms with Gasteiger partial charge in [0, 0.05) is 5.69 Å². The molecule has 1 atom stereocenters. The van der Waals surface area contributed by atoms with E-state index in [1.165, 1.54) is 5.56 Å². The van der Waals surface area contributed by atoms with E-state index in [4.69, 9.17) is 9.05 Å². The van der Waals surface area contributed by atoms with Crippen molar-refractivity contribution in [1.82, 2.24) is 0 Å².